The van der Waals surface area contributed by atoms with Crippen molar-refractivity contribution in [2.75, 3.05) is 44.2 Å². The summed E-state index contributed by atoms with van der Waals surface area (Å²) in [5.74, 6) is 0.523. The van der Waals surface area contributed by atoms with Gasteiger partial charge in [0.25, 0.3) is 0 Å². The lowest BCUT2D eigenvalue weighted by atomic mass is 10.0. The number of piperidine rings is 1. The Morgan fingerprint density at radius 2 is 1.93 bits per heavy atom. The number of anilines is 1. The minimum absolute atomic E-state index is 0.110. The molecule has 0 amide bonds. The van der Waals surface area contributed by atoms with Gasteiger partial charge >= 0.3 is 0 Å². The first-order valence-electron chi connectivity index (χ1n) is 11.1. The molecule has 1 aromatic carbocycles. The number of rotatable bonds is 6. The van der Waals surface area contributed by atoms with Gasteiger partial charge in [-0.25, -0.2) is 4.39 Å². The van der Waals surface area contributed by atoms with Crippen LogP contribution in [0.25, 0.3) is 0 Å². The molecule has 0 unspecified atom stereocenters. The van der Waals surface area contributed by atoms with Gasteiger partial charge in [-0.2, -0.15) is 5.10 Å². The van der Waals surface area contributed by atoms with Gasteiger partial charge in [-0.05, 0) is 49.9 Å². The van der Waals surface area contributed by atoms with E-state index in [1.165, 1.54) is 24.2 Å². The van der Waals surface area contributed by atoms with Crippen LogP contribution in [0.4, 0.5) is 10.1 Å². The molecule has 1 atom stereocenters. The Labute approximate surface area is 173 Å². The molecule has 2 fully saturated rings. The molecule has 1 aromatic heterocycles. The summed E-state index contributed by atoms with van der Waals surface area (Å²) in [6.07, 6.45) is 3.54. The van der Waals surface area contributed by atoms with Gasteiger partial charge in [0.1, 0.15) is 5.82 Å². The topological polar surface area (TPSA) is 38.4 Å². The van der Waals surface area contributed by atoms with Crippen molar-refractivity contribution in [3.05, 3.63) is 47.5 Å². The van der Waals surface area contributed by atoms with Crippen molar-refractivity contribution in [1.29, 1.82) is 0 Å². The van der Waals surface area contributed by atoms with E-state index in [1.807, 2.05) is 12.1 Å². The summed E-state index contributed by atoms with van der Waals surface area (Å²) in [5, 5.41) is 7.71. The molecule has 2 aliphatic heterocycles. The van der Waals surface area contributed by atoms with Crippen LogP contribution in [-0.4, -0.2) is 65.3 Å². The highest BCUT2D eigenvalue weighted by Crippen LogP contribution is 2.23. The number of nitrogens with zero attached hydrogens (tertiary/aromatic N) is 4. The Morgan fingerprint density at radius 3 is 2.69 bits per heavy atom. The van der Waals surface area contributed by atoms with Gasteiger partial charge in [-0.3, -0.25) is 14.9 Å². The van der Waals surface area contributed by atoms with Crippen LogP contribution in [0.1, 0.15) is 38.1 Å². The van der Waals surface area contributed by atoms with Crippen LogP contribution >= 0.6 is 0 Å². The normalized spacial score (nSPS) is 21.8. The molecule has 29 heavy (non-hydrogen) atoms. The number of hydrogen-bond donors (Lipinski definition) is 1. The average molecular weight is 400 g/mol. The molecule has 1 N–H and O–H groups in total. The second-order valence-corrected chi connectivity index (χ2v) is 8.99. The molecule has 2 aliphatic rings. The highest BCUT2D eigenvalue weighted by Gasteiger charge is 2.28. The van der Waals surface area contributed by atoms with Crippen LogP contribution in [0.3, 0.4) is 0 Å². The molecule has 5 nitrogen and oxygen atoms in total. The van der Waals surface area contributed by atoms with Crippen molar-refractivity contribution >= 4 is 5.69 Å². The number of halogens is 1. The largest absolute Gasteiger partial charge is 0.367 e. The summed E-state index contributed by atoms with van der Waals surface area (Å²) < 4.78 is 14.1. The number of piperazine rings is 1. The zero-order valence-electron chi connectivity index (χ0n) is 17.8. The van der Waals surface area contributed by atoms with Crippen molar-refractivity contribution in [3.63, 3.8) is 0 Å². The Kier molecular flexibility index (Phi) is 6.50. The van der Waals surface area contributed by atoms with Crippen molar-refractivity contribution in [1.82, 2.24) is 20.0 Å². The SMILES string of the molecule is CC(C)Cc1cc(CN2CCC[C@@H](N3CCN(c4ccccc4F)CC3)C2)[nH]n1. The third-order valence-corrected chi connectivity index (χ3v) is 6.20. The van der Waals surface area contributed by atoms with Crippen LogP contribution in [0.15, 0.2) is 30.3 Å². The first kappa shape index (κ1) is 20.4. The maximum atomic E-state index is 14.1. The fourth-order valence-electron chi connectivity index (χ4n) is 4.76. The highest BCUT2D eigenvalue weighted by atomic mass is 19.1. The summed E-state index contributed by atoms with van der Waals surface area (Å²) >= 11 is 0. The van der Waals surface area contributed by atoms with E-state index in [-0.39, 0.29) is 5.82 Å². The lowest BCUT2D eigenvalue weighted by Gasteiger charge is -2.44. The minimum Gasteiger partial charge on any atom is -0.367 e. The monoisotopic (exact) mass is 399 g/mol. The fraction of sp³-hybridized carbons (Fsp3) is 0.609. The van der Waals surface area contributed by atoms with Crippen molar-refractivity contribution in [2.45, 2.75) is 45.7 Å². The lowest BCUT2D eigenvalue weighted by molar-refractivity contribution is 0.0880. The molecule has 3 heterocycles. The molecule has 0 saturated carbocycles. The standard InChI is InChI=1S/C23H34FN5/c1-18(2)14-19-15-20(26-25-19)16-27-9-5-6-21(17-27)28-10-12-29(13-11-28)23-8-4-3-7-22(23)24/h3-4,7-8,15,18,21H,5-6,9-14,16-17H2,1-2H3,(H,25,26)/t21-/m1/s1. The lowest BCUT2D eigenvalue weighted by Crippen LogP contribution is -2.55. The van der Waals surface area contributed by atoms with Gasteiger partial charge in [0.05, 0.1) is 11.4 Å². The quantitative estimate of drug-likeness (QED) is 0.806. The average Bonchev–Trinajstić information content (AvgIpc) is 3.15. The fourth-order valence-corrected chi connectivity index (χ4v) is 4.76. The van der Waals surface area contributed by atoms with Crippen LogP contribution < -0.4 is 4.90 Å². The predicted molar refractivity (Wildman–Crippen MR) is 116 cm³/mol. The van der Waals surface area contributed by atoms with E-state index in [4.69, 9.17) is 0 Å². The Balaban J connectivity index is 1.29. The maximum Gasteiger partial charge on any atom is 0.146 e. The van der Waals surface area contributed by atoms with Gasteiger partial charge in [-0.15, -0.1) is 0 Å². The Hall–Kier alpha value is -1.92. The second-order valence-electron chi connectivity index (χ2n) is 8.99. The van der Waals surface area contributed by atoms with E-state index in [1.54, 1.807) is 12.1 Å². The number of hydrogen-bond acceptors (Lipinski definition) is 4. The molecule has 158 valence electrons. The summed E-state index contributed by atoms with van der Waals surface area (Å²) in [6.45, 7) is 11.5. The van der Waals surface area contributed by atoms with E-state index in [0.717, 1.165) is 57.9 Å². The Morgan fingerprint density at radius 1 is 1.14 bits per heavy atom. The number of benzene rings is 1. The van der Waals surface area contributed by atoms with Crippen molar-refractivity contribution in [3.8, 4) is 0 Å². The number of H-pyrrole nitrogens is 1. The van der Waals surface area contributed by atoms with Gasteiger partial charge in [0, 0.05) is 51.0 Å². The molecule has 0 aliphatic carbocycles. The number of aromatic amines is 1. The number of likely N-dealkylation sites (tertiary alicyclic amines) is 1. The minimum atomic E-state index is -0.110. The van der Waals surface area contributed by atoms with Gasteiger partial charge in [0.2, 0.25) is 0 Å². The molecule has 0 radical (unpaired) electrons. The third-order valence-electron chi connectivity index (χ3n) is 6.20. The van der Waals surface area contributed by atoms with Crippen molar-refractivity contribution < 1.29 is 4.39 Å². The van der Waals surface area contributed by atoms with Crippen LogP contribution in [0.5, 0.6) is 0 Å². The molecule has 2 aromatic rings. The molecule has 4 rings (SSSR count). The van der Waals surface area contributed by atoms with E-state index < -0.39 is 0 Å². The second kappa shape index (κ2) is 9.26. The predicted octanol–water partition coefficient (Wildman–Crippen LogP) is 3.53. The van der Waals surface area contributed by atoms with Crippen molar-refractivity contribution in [2.24, 2.45) is 5.92 Å². The summed E-state index contributed by atoms with van der Waals surface area (Å²) in [5.41, 5.74) is 3.15. The first-order chi connectivity index (χ1) is 14.1. The number of aromatic nitrogens is 2. The van der Waals surface area contributed by atoms with E-state index in [0.29, 0.717) is 12.0 Å². The number of para-hydroxylation sites is 1. The van der Waals surface area contributed by atoms with Gasteiger partial charge in [-0.1, -0.05) is 26.0 Å². The van der Waals surface area contributed by atoms with E-state index >= 15 is 0 Å². The molecule has 2 saturated heterocycles. The summed E-state index contributed by atoms with van der Waals surface area (Å²) in [7, 11) is 0. The summed E-state index contributed by atoms with van der Waals surface area (Å²) in [6, 6.07) is 9.97. The molecule has 0 spiro atoms. The van der Waals surface area contributed by atoms with Crippen LogP contribution in [0.2, 0.25) is 0 Å². The maximum absolute atomic E-state index is 14.1. The zero-order chi connectivity index (χ0) is 20.2. The van der Waals surface area contributed by atoms with E-state index in [2.05, 4.69) is 44.8 Å². The van der Waals surface area contributed by atoms with E-state index in [9.17, 15) is 4.39 Å². The smallest absolute Gasteiger partial charge is 0.146 e. The Bertz CT molecular complexity index is 781. The van der Waals surface area contributed by atoms with Gasteiger partial charge in [0.15, 0.2) is 0 Å². The zero-order valence-corrected chi connectivity index (χ0v) is 17.8. The molecular weight excluding hydrogens is 365 g/mol. The highest BCUT2D eigenvalue weighted by molar-refractivity contribution is 5.48. The molecular formula is C23H34FN5. The number of nitrogens with one attached hydrogen (secondary N) is 1. The summed E-state index contributed by atoms with van der Waals surface area (Å²) in [4.78, 5) is 7.36. The molecule has 0 bridgehead atoms. The van der Waals surface area contributed by atoms with Gasteiger partial charge < -0.3 is 4.90 Å². The van der Waals surface area contributed by atoms with Crippen LogP contribution in [-0.2, 0) is 13.0 Å². The first-order valence-corrected chi connectivity index (χ1v) is 11.1. The van der Waals surface area contributed by atoms with Crippen LogP contribution in [0, 0.1) is 11.7 Å². The third kappa shape index (κ3) is 5.17. The molecule has 6 heteroatoms.